The van der Waals surface area contributed by atoms with Crippen molar-refractivity contribution in [2.24, 2.45) is 0 Å². The van der Waals surface area contributed by atoms with Crippen molar-refractivity contribution in [3.63, 3.8) is 0 Å². The molecule has 3 aromatic rings. The van der Waals surface area contributed by atoms with Crippen molar-refractivity contribution in [2.45, 2.75) is 19.9 Å². The zero-order valence-corrected chi connectivity index (χ0v) is 18.1. The van der Waals surface area contributed by atoms with Crippen LogP contribution in [0.2, 0.25) is 0 Å². The van der Waals surface area contributed by atoms with Crippen molar-refractivity contribution < 1.29 is 9.53 Å². The Morgan fingerprint density at radius 3 is 1.87 bits per heavy atom. The number of Topliss-reactive ketones (excluding diaryl/α,β-unsaturated/α-hetero) is 1. The molecule has 1 unspecified atom stereocenters. The van der Waals surface area contributed by atoms with Gasteiger partial charge < -0.3 is 14.5 Å². The predicted molar refractivity (Wildman–Crippen MR) is 121 cm³/mol. The first-order valence-corrected chi connectivity index (χ1v) is 10.4. The van der Waals surface area contributed by atoms with Crippen LogP contribution in [0.3, 0.4) is 0 Å². The third-order valence-corrected chi connectivity index (χ3v) is 5.86. The van der Waals surface area contributed by atoms with E-state index in [1.54, 1.807) is 14.0 Å². The minimum absolute atomic E-state index is 0.100. The zero-order chi connectivity index (χ0) is 22.0. The number of hydrogen-bond acceptors (Lipinski definition) is 6. The summed E-state index contributed by atoms with van der Waals surface area (Å²) in [6.07, 6.45) is 1.46. The van der Waals surface area contributed by atoms with Crippen LogP contribution in [-0.2, 0) is 4.79 Å². The molecule has 0 saturated carbocycles. The summed E-state index contributed by atoms with van der Waals surface area (Å²) in [5.74, 6) is 0.763. The Labute approximate surface area is 181 Å². The highest BCUT2D eigenvalue weighted by Gasteiger charge is 2.19. The summed E-state index contributed by atoms with van der Waals surface area (Å²) in [7, 11) is 1.67. The monoisotopic (exact) mass is 421 g/mol. The van der Waals surface area contributed by atoms with Gasteiger partial charge in [0.05, 0.1) is 12.8 Å². The molecule has 0 spiro atoms. The Balaban J connectivity index is 1.42. The second kappa shape index (κ2) is 8.67. The SMILES string of the molecule is COc1ccc(N2CCN(c3ccc(-n4cnn(C(C)C(C)=O)c4=O)cc3)CC2)cc1. The van der Waals surface area contributed by atoms with Gasteiger partial charge in [-0.25, -0.2) is 14.0 Å². The van der Waals surface area contributed by atoms with Crippen LogP contribution in [0.15, 0.2) is 59.7 Å². The van der Waals surface area contributed by atoms with Gasteiger partial charge >= 0.3 is 5.69 Å². The highest BCUT2D eigenvalue weighted by Crippen LogP contribution is 2.23. The Kier molecular flexibility index (Phi) is 5.79. The van der Waals surface area contributed by atoms with Gasteiger partial charge in [-0.3, -0.25) is 4.79 Å². The molecule has 8 nitrogen and oxygen atoms in total. The lowest BCUT2D eigenvalue weighted by atomic mass is 10.2. The fraction of sp³-hybridized carbons (Fsp3) is 0.348. The molecular weight excluding hydrogens is 394 g/mol. The largest absolute Gasteiger partial charge is 0.497 e. The fourth-order valence-electron chi connectivity index (χ4n) is 3.77. The van der Waals surface area contributed by atoms with Gasteiger partial charge in [0, 0.05) is 37.6 Å². The van der Waals surface area contributed by atoms with Gasteiger partial charge in [0.2, 0.25) is 0 Å². The molecule has 0 radical (unpaired) electrons. The first kappa shape index (κ1) is 20.7. The normalized spacial score (nSPS) is 15.1. The van der Waals surface area contributed by atoms with E-state index in [2.05, 4.69) is 27.0 Å². The Morgan fingerprint density at radius 2 is 1.39 bits per heavy atom. The third-order valence-electron chi connectivity index (χ3n) is 5.86. The number of carbonyl (C=O) groups is 1. The first-order valence-electron chi connectivity index (χ1n) is 10.4. The third kappa shape index (κ3) is 4.19. The first-order chi connectivity index (χ1) is 15.0. The molecule has 0 N–H and O–H groups in total. The molecule has 31 heavy (non-hydrogen) atoms. The molecule has 2 aromatic carbocycles. The molecule has 162 valence electrons. The quantitative estimate of drug-likeness (QED) is 0.609. The summed E-state index contributed by atoms with van der Waals surface area (Å²) in [6.45, 7) is 6.83. The number of benzene rings is 2. The number of anilines is 2. The Hall–Kier alpha value is -3.55. The van der Waals surface area contributed by atoms with Gasteiger partial charge in [-0.1, -0.05) is 0 Å². The molecule has 1 fully saturated rings. The standard InChI is InChI=1S/C23H27N5O3/c1-17(18(2)29)28-23(30)27(16-24-28)21-6-4-19(5-7-21)25-12-14-26(15-13-25)20-8-10-22(31-3)11-9-20/h4-11,16-17H,12-15H2,1-3H3. The summed E-state index contributed by atoms with van der Waals surface area (Å²) in [4.78, 5) is 28.9. The van der Waals surface area contributed by atoms with Crippen molar-refractivity contribution in [3.05, 3.63) is 65.3 Å². The van der Waals surface area contributed by atoms with Crippen molar-refractivity contribution in [1.82, 2.24) is 14.3 Å². The molecule has 4 rings (SSSR count). The molecule has 1 atom stereocenters. The summed E-state index contributed by atoms with van der Waals surface area (Å²) >= 11 is 0. The number of nitrogens with zero attached hydrogens (tertiary/aromatic N) is 5. The molecule has 0 bridgehead atoms. The molecule has 1 saturated heterocycles. The van der Waals surface area contributed by atoms with Crippen LogP contribution >= 0.6 is 0 Å². The van der Waals surface area contributed by atoms with Crippen molar-refractivity contribution in [1.29, 1.82) is 0 Å². The second-order valence-electron chi connectivity index (χ2n) is 7.70. The zero-order valence-electron chi connectivity index (χ0n) is 18.1. The number of carbonyl (C=O) groups excluding carboxylic acids is 1. The number of ether oxygens (including phenoxy) is 1. The number of rotatable bonds is 6. The van der Waals surface area contributed by atoms with E-state index < -0.39 is 6.04 Å². The highest BCUT2D eigenvalue weighted by atomic mass is 16.5. The van der Waals surface area contributed by atoms with E-state index >= 15 is 0 Å². The van der Waals surface area contributed by atoms with E-state index in [0.29, 0.717) is 0 Å². The predicted octanol–water partition coefficient (Wildman–Crippen LogP) is 2.52. The van der Waals surface area contributed by atoms with Crippen LogP contribution in [0.4, 0.5) is 11.4 Å². The summed E-state index contributed by atoms with van der Waals surface area (Å²) in [6, 6.07) is 15.5. The van der Waals surface area contributed by atoms with Crippen LogP contribution in [0, 0.1) is 0 Å². The van der Waals surface area contributed by atoms with E-state index in [4.69, 9.17) is 4.74 Å². The molecule has 1 aromatic heterocycles. The maximum absolute atomic E-state index is 12.6. The van der Waals surface area contributed by atoms with Crippen LogP contribution < -0.4 is 20.2 Å². The Morgan fingerprint density at radius 1 is 0.903 bits per heavy atom. The molecule has 0 aliphatic carbocycles. The second-order valence-corrected chi connectivity index (χ2v) is 7.70. The van der Waals surface area contributed by atoms with Gasteiger partial charge in [0.25, 0.3) is 0 Å². The average Bonchev–Trinajstić information content (AvgIpc) is 3.20. The fourth-order valence-corrected chi connectivity index (χ4v) is 3.77. The molecule has 2 heterocycles. The van der Waals surface area contributed by atoms with Gasteiger partial charge in [-0.2, -0.15) is 5.10 Å². The van der Waals surface area contributed by atoms with Gasteiger partial charge in [-0.15, -0.1) is 0 Å². The van der Waals surface area contributed by atoms with Gasteiger partial charge in [-0.05, 0) is 62.4 Å². The molecule has 1 aliphatic rings. The van der Waals surface area contributed by atoms with Crippen LogP contribution in [0.1, 0.15) is 19.9 Å². The molecular formula is C23H27N5O3. The highest BCUT2D eigenvalue weighted by molar-refractivity contribution is 5.79. The van der Waals surface area contributed by atoms with E-state index in [-0.39, 0.29) is 11.5 Å². The maximum Gasteiger partial charge on any atom is 0.351 e. The summed E-state index contributed by atoms with van der Waals surface area (Å²) < 4.78 is 7.92. The lowest BCUT2D eigenvalue weighted by Gasteiger charge is -2.37. The topological polar surface area (TPSA) is 72.6 Å². The number of piperazine rings is 1. The van der Waals surface area contributed by atoms with E-state index in [9.17, 15) is 9.59 Å². The van der Waals surface area contributed by atoms with Crippen molar-refractivity contribution in [3.8, 4) is 11.4 Å². The molecule has 8 heteroatoms. The van der Waals surface area contributed by atoms with Crippen LogP contribution in [-0.4, -0.2) is 53.4 Å². The van der Waals surface area contributed by atoms with Crippen LogP contribution in [0.5, 0.6) is 5.75 Å². The Bertz CT molecular complexity index is 1090. The van der Waals surface area contributed by atoms with E-state index in [1.165, 1.54) is 28.2 Å². The number of hydrogen-bond donors (Lipinski definition) is 0. The number of methoxy groups -OCH3 is 1. The lowest BCUT2D eigenvalue weighted by Crippen LogP contribution is -2.46. The molecule has 1 aliphatic heterocycles. The summed E-state index contributed by atoms with van der Waals surface area (Å²) in [5, 5.41) is 4.10. The van der Waals surface area contributed by atoms with Crippen molar-refractivity contribution in [2.75, 3.05) is 43.1 Å². The minimum Gasteiger partial charge on any atom is -0.497 e. The maximum atomic E-state index is 12.6. The van der Waals surface area contributed by atoms with E-state index in [0.717, 1.165) is 43.3 Å². The van der Waals surface area contributed by atoms with Gasteiger partial charge in [0.15, 0.2) is 5.78 Å². The minimum atomic E-state index is -0.574. The average molecular weight is 422 g/mol. The number of ketones is 1. The van der Waals surface area contributed by atoms with Gasteiger partial charge in [0.1, 0.15) is 18.1 Å². The van der Waals surface area contributed by atoms with Crippen LogP contribution in [0.25, 0.3) is 5.69 Å². The summed E-state index contributed by atoms with van der Waals surface area (Å²) in [5.41, 5.74) is 2.74. The molecule has 0 amide bonds. The number of aromatic nitrogens is 3. The smallest absolute Gasteiger partial charge is 0.351 e. The van der Waals surface area contributed by atoms with E-state index in [1.807, 2.05) is 36.4 Å². The lowest BCUT2D eigenvalue weighted by molar-refractivity contribution is -0.119. The van der Waals surface area contributed by atoms with Crippen molar-refractivity contribution >= 4 is 17.2 Å².